The molecule has 4 nitrogen and oxygen atoms in total. The number of fused-ring (bicyclic) bond motifs is 1. The maximum atomic E-state index is 13.9. The van der Waals surface area contributed by atoms with Crippen LogP contribution in [0.4, 0.5) is 14.5 Å². The van der Waals surface area contributed by atoms with Crippen LogP contribution < -0.4 is 10.5 Å². The van der Waals surface area contributed by atoms with Gasteiger partial charge in [-0.05, 0) is 35.6 Å². The van der Waals surface area contributed by atoms with Crippen LogP contribution in [0.3, 0.4) is 0 Å². The Balaban J connectivity index is 1.73. The van der Waals surface area contributed by atoms with Crippen LogP contribution >= 0.6 is 22.9 Å². The molecule has 1 aromatic carbocycles. The normalized spacial score (nSPS) is 13.8. The molecule has 1 aliphatic heterocycles. The Bertz CT molecular complexity index is 1020. The van der Waals surface area contributed by atoms with Crippen molar-refractivity contribution < 1.29 is 8.78 Å². The Labute approximate surface area is 150 Å². The standard InChI is InChI=1S/C17H12ClF2N3OS/c18-16-14(22-5-3-15-10(9-22)4-6-25-15)8-21-23(17(16)24)13-2-1-11(19)7-12(13)20/h1-2,4,6-8H,3,5,9H2. The molecule has 0 spiro atoms. The van der Waals surface area contributed by atoms with Gasteiger partial charge in [0.15, 0.2) is 5.82 Å². The summed E-state index contributed by atoms with van der Waals surface area (Å²) in [5.74, 6) is -1.60. The Morgan fingerprint density at radius 3 is 2.84 bits per heavy atom. The van der Waals surface area contributed by atoms with Crippen molar-refractivity contribution in [2.75, 3.05) is 11.4 Å². The number of hydrogen-bond acceptors (Lipinski definition) is 4. The average molecular weight is 380 g/mol. The quantitative estimate of drug-likeness (QED) is 0.680. The molecule has 0 fully saturated rings. The van der Waals surface area contributed by atoms with Crippen LogP contribution in [-0.4, -0.2) is 16.3 Å². The van der Waals surface area contributed by atoms with Crippen LogP contribution in [0.1, 0.15) is 10.4 Å². The summed E-state index contributed by atoms with van der Waals surface area (Å²) in [5, 5.41) is 6.05. The molecule has 4 rings (SSSR count). The van der Waals surface area contributed by atoms with Gasteiger partial charge >= 0.3 is 0 Å². The molecular weight excluding hydrogens is 368 g/mol. The van der Waals surface area contributed by atoms with Crippen molar-refractivity contribution in [2.45, 2.75) is 13.0 Å². The average Bonchev–Trinajstić information content (AvgIpc) is 3.05. The predicted molar refractivity (Wildman–Crippen MR) is 93.8 cm³/mol. The lowest BCUT2D eigenvalue weighted by Gasteiger charge is -2.29. The van der Waals surface area contributed by atoms with E-state index in [1.807, 2.05) is 10.3 Å². The van der Waals surface area contributed by atoms with Crippen molar-refractivity contribution in [2.24, 2.45) is 0 Å². The highest BCUT2D eigenvalue weighted by atomic mass is 35.5. The SMILES string of the molecule is O=c1c(Cl)c(N2CCc3sccc3C2)cnn1-c1ccc(F)cc1F. The van der Waals surface area contributed by atoms with E-state index in [0.29, 0.717) is 18.3 Å². The molecule has 0 radical (unpaired) electrons. The van der Waals surface area contributed by atoms with Gasteiger partial charge in [0, 0.05) is 24.0 Å². The molecule has 0 bridgehead atoms. The molecule has 3 aromatic rings. The monoisotopic (exact) mass is 379 g/mol. The number of aromatic nitrogens is 2. The Hall–Kier alpha value is -2.25. The summed E-state index contributed by atoms with van der Waals surface area (Å²) in [6.45, 7) is 1.37. The van der Waals surface area contributed by atoms with E-state index in [9.17, 15) is 13.6 Å². The third-order valence-electron chi connectivity index (χ3n) is 4.19. The van der Waals surface area contributed by atoms with E-state index >= 15 is 0 Å². The van der Waals surface area contributed by atoms with E-state index in [4.69, 9.17) is 11.6 Å². The minimum atomic E-state index is -0.876. The first-order chi connectivity index (χ1) is 12.0. The molecule has 128 valence electrons. The van der Waals surface area contributed by atoms with Crippen molar-refractivity contribution in [3.05, 3.63) is 73.3 Å². The summed E-state index contributed by atoms with van der Waals surface area (Å²) in [6.07, 6.45) is 2.32. The van der Waals surface area contributed by atoms with E-state index in [1.165, 1.54) is 16.6 Å². The highest BCUT2D eigenvalue weighted by Gasteiger charge is 2.22. The molecule has 0 unspecified atom stereocenters. The van der Waals surface area contributed by atoms with E-state index in [2.05, 4.69) is 11.2 Å². The van der Waals surface area contributed by atoms with E-state index in [-0.39, 0.29) is 10.7 Å². The molecule has 0 N–H and O–H groups in total. The summed E-state index contributed by atoms with van der Waals surface area (Å²) in [5.41, 5.74) is 0.947. The van der Waals surface area contributed by atoms with E-state index in [0.717, 1.165) is 29.8 Å². The first-order valence-corrected chi connectivity index (χ1v) is 8.84. The lowest BCUT2D eigenvalue weighted by atomic mass is 10.1. The minimum absolute atomic E-state index is 0.0302. The molecule has 0 atom stereocenters. The summed E-state index contributed by atoms with van der Waals surface area (Å²) < 4.78 is 27.9. The van der Waals surface area contributed by atoms with Crippen LogP contribution in [0, 0.1) is 11.6 Å². The molecule has 0 amide bonds. The second-order valence-corrected chi connectivity index (χ2v) is 7.08. The fourth-order valence-electron chi connectivity index (χ4n) is 2.92. The molecular formula is C17H12ClF2N3OS. The molecule has 2 aromatic heterocycles. The fraction of sp³-hybridized carbons (Fsp3) is 0.176. The van der Waals surface area contributed by atoms with E-state index in [1.54, 1.807) is 11.3 Å². The van der Waals surface area contributed by atoms with Crippen LogP contribution in [-0.2, 0) is 13.0 Å². The number of nitrogens with zero attached hydrogens (tertiary/aromatic N) is 3. The van der Waals surface area contributed by atoms with Crippen molar-refractivity contribution in [3.63, 3.8) is 0 Å². The fourth-order valence-corrected chi connectivity index (χ4v) is 4.06. The van der Waals surface area contributed by atoms with Crippen molar-refractivity contribution in [1.82, 2.24) is 9.78 Å². The third-order valence-corrected chi connectivity index (χ3v) is 5.57. The number of thiophene rings is 1. The summed E-state index contributed by atoms with van der Waals surface area (Å²) in [7, 11) is 0. The van der Waals surface area contributed by atoms with Gasteiger partial charge in [-0.25, -0.2) is 8.78 Å². The molecule has 25 heavy (non-hydrogen) atoms. The van der Waals surface area contributed by atoms with Crippen molar-refractivity contribution in [1.29, 1.82) is 0 Å². The van der Waals surface area contributed by atoms with Crippen LogP contribution in [0.2, 0.25) is 5.02 Å². The molecule has 1 aliphatic rings. The van der Waals surface area contributed by atoms with Crippen molar-refractivity contribution >= 4 is 28.6 Å². The number of benzene rings is 1. The van der Waals surface area contributed by atoms with Gasteiger partial charge in [-0.3, -0.25) is 4.79 Å². The van der Waals surface area contributed by atoms with E-state index < -0.39 is 17.2 Å². The first kappa shape index (κ1) is 16.2. The van der Waals surface area contributed by atoms with Crippen LogP contribution in [0.25, 0.3) is 5.69 Å². The molecule has 8 heteroatoms. The zero-order valence-electron chi connectivity index (χ0n) is 12.9. The highest BCUT2D eigenvalue weighted by Crippen LogP contribution is 2.30. The summed E-state index contributed by atoms with van der Waals surface area (Å²) in [4.78, 5) is 15.9. The lowest BCUT2D eigenvalue weighted by molar-refractivity contribution is 0.570. The smallest absolute Gasteiger partial charge is 0.292 e. The van der Waals surface area contributed by atoms with Crippen molar-refractivity contribution in [3.8, 4) is 5.69 Å². The topological polar surface area (TPSA) is 38.1 Å². The van der Waals surface area contributed by atoms with Gasteiger partial charge in [0.1, 0.15) is 16.5 Å². The maximum Gasteiger partial charge on any atom is 0.292 e. The van der Waals surface area contributed by atoms with Gasteiger partial charge in [-0.15, -0.1) is 11.3 Å². The molecule has 0 saturated heterocycles. The number of hydrogen-bond donors (Lipinski definition) is 0. The largest absolute Gasteiger partial charge is 0.364 e. The second-order valence-electron chi connectivity index (χ2n) is 5.70. The summed E-state index contributed by atoms with van der Waals surface area (Å²) in [6, 6.07) is 4.99. The Morgan fingerprint density at radius 1 is 1.20 bits per heavy atom. The Kier molecular flexibility index (Phi) is 4.05. The number of anilines is 1. The summed E-state index contributed by atoms with van der Waals surface area (Å²) >= 11 is 7.98. The molecule has 0 saturated carbocycles. The lowest BCUT2D eigenvalue weighted by Crippen LogP contribution is -2.32. The van der Waals surface area contributed by atoms with Gasteiger partial charge in [-0.1, -0.05) is 11.6 Å². The minimum Gasteiger partial charge on any atom is -0.364 e. The number of halogens is 3. The van der Waals surface area contributed by atoms with Gasteiger partial charge in [0.2, 0.25) is 0 Å². The van der Waals surface area contributed by atoms with Gasteiger partial charge in [-0.2, -0.15) is 9.78 Å². The molecule has 3 heterocycles. The zero-order chi connectivity index (χ0) is 17.6. The zero-order valence-corrected chi connectivity index (χ0v) is 14.4. The first-order valence-electron chi connectivity index (χ1n) is 7.58. The predicted octanol–water partition coefficient (Wildman–Crippen LogP) is 3.79. The third kappa shape index (κ3) is 2.83. The van der Waals surface area contributed by atoms with Crippen LogP contribution in [0.5, 0.6) is 0 Å². The van der Waals surface area contributed by atoms with Crippen LogP contribution in [0.15, 0.2) is 40.6 Å². The molecule has 0 aliphatic carbocycles. The second kappa shape index (κ2) is 6.24. The number of rotatable bonds is 2. The van der Waals surface area contributed by atoms with Gasteiger partial charge in [0.25, 0.3) is 5.56 Å². The van der Waals surface area contributed by atoms with Gasteiger partial charge < -0.3 is 4.90 Å². The Morgan fingerprint density at radius 2 is 2.04 bits per heavy atom. The van der Waals surface area contributed by atoms with Gasteiger partial charge in [0.05, 0.1) is 11.9 Å². The highest BCUT2D eigenvalue weighted by molar-refractivity contribution is 7.10. The maximum absolute atomic E-state index is 13.9.